The smallest absolute Gasteiger partial charge is 0.0230 e. The van der Waals surface area contributed by atoms with Crippen LogP contribution in [-0.2, 0) is 0 Å². The highest BCUT2D eigenvalue weighted by molar-refractivity contribution is 5.04. The van der Waals surface area contributed by atoms with Crippen molar-refractivity contribution in [2.45, 2.75) is 37.8 Å². The standard InChI is InChI=1S/C11H18N2/c1-2-9-7-11(8-9)13-5-3-10(12)4-6-13/h1,9-11H,3-8,12H2. The Morgan fingerprint density at radius 2 is 1.85 bits per heavy atom. The maximum absolute atomic E-state index is 5.85. The van der Waals surface area contributed by atoms with Gasteiger partial charge in [0.05, 0.1) is 0 Å². The number of terminal acetylenes is 1. The zero-order chi connectivity index (χ0) is 9.26. The van der Waals surface area contributed by atoms with E-state index in [0.717, 1.165) is 18.9 Å². The van der Waals surface area contributed by atoms with Gasteiger partial charge in [-0.2, -0.15) is 0 Å². The number of hydrogen-bond donors (Lipinski definition) is 1. The van der Waals surface area contributed by atoms with Crippen molar-refractivity contribution in [1.29, 1.82) is 0 Å². The molecule has 0 radical (unpaired) electrons. The molecule has 2 heteroatoms. The topological polar surface area (TPSA) is 29.3 Å². The van der Waals surface area contributed by atoms with Gasteiger partial charge in [-0.1, -0.05) is 0 Å². The van der Waals surface area contributed by atoms with Gasteiger partial charge in [0, 0.05) is 18.0 Å². The summed E-state index contributed by atoms with van der Waals surface area (Å²) in [5.41, 5.74) is 5.85. The minimum absolute atomic E-state index is 0.444. The first-order chi connectivity index (χ1) is 6.29. The molecule has 2 N–H and O–H groups in total. The first kappa shape index (κ1) is 9.05. The molecule has 2 rings (SSSR count). The van der Waals surface area contributed by atoms with Crippen LogP contribution in [0.5, 0.6) is 0 Å². The Morgan fingerprint density at radius 3 is 2.38 bits per heavy atom. The maximum Gasteiger partial charge on any atom is 0.0230 e. The Balaban J connectivity index is 1.75. The molecule has 1 aliphatic heterocycles. The van der Waals surface area contributed by atoms with Crippen LogP contribution in [0.3, 0.4) is 0 Å². The Labute approximate surface area is 80.5 Å². The van der Waals surface area contributed by atoms with E-state index in [1.165, 1.54) is 25.9 Å². The fraction of sp³-hybridized carbons (Fsp3) is 0.818. The molecular formula is C11H18N2. The second-order valence-electron chi connectivity index (χ2n) is 4.36. The van der Waals surface area contributed by atoms with Gasteiger partial charge in [-0.05, 0) is 38.8 Å². The maximum atomic E-state index is 5.85. The summed E-state index contributed by atoms with van der Waals surface area (Å²) in [5, 5.41) is 0. The van der Waals surface area contributed by atoms with Crippen molar-refractivity contribution >= 4 is 0 Å². The number of hydrogen-bond acceptors (Lipinski definition) is 2. The fourth-order valence-corrected chi connectivity index (χ4v) is 2.31. The third-order valence-electron chi connectivity index (χ3n) is 3.44. The number of likely N-dealkylation sites (tertiary alicyclic amines) is 1. The molecule has 0 atom stereocenters. The summed E-state index contributed by atoms with van der Waals surface area (Å²) < 4.78 is 0. The molecule has 0 aromatic heterocycles. The molecule has 2 aliphatic rings. The predicted molar refractivity (Wildman–Crippen MR) is 54.1 cm³/mol. The van der Waals surface area contributed by atoms with E-state index in [-0.39, 0.29) is 0 Å². The lowest BCUT2D eigenvalue weighted by Gasteiger charge is -2.43. The molecule has 1 saturated heterocycles. The number of nitrogens with two attached hydrogens (primary N) is 1. The first-order valence-corrected chi connectivity index (χ1v) is 5.25. The molecule has 1 heterocycles. The quantitative estimate of drug-likeness (QED) is 0.602. The summed E-state index contributed by atoms with van der Waals surface area (Å²) in [6.45, 7) is 2.37. The van der Waals surface area contributed by atoms with Crippen molar-refractivity contribution < 1.29 is 0 Å². The minimum Gasteiger partial charge on any atom is -0.328 e. The normalized spacial score (nSPS) is 36.6. The Morgan fingerprint density at radius 1 is 1.23 bits per heavy atom. The molecule has 0 aromatic carbocycles. The van der Waals surface area contributed by atoms with Gasteiger partial charge in [0.1, 0.15) is 0 Å². The van der Waals surface area contributed by atoms with Crippen molar-refractivity contribution in [2.24, 2.45) is 11.7 Å². The van der Waals surface area contributed by atoms with E-state index < -0.39 is 0 Å². The molecule has 1 aliphatic carbocycles. The van der Waals surface area contributed by atoms with Crippen LogP contribution in [0.2, 0.25) is 0 Å². The molecule has 0 unspecified atom stereocenters. The van der Waals surface area contributed by atoms with Crippen LogP contribution in [0.1, 0.15) is 25.7 Å². The summed E-state index contributed by atoms with van der Waals surface area (Å²) >= 11 is 0. The van der Waals surface area contributed by atoms with Crippen LogP contribution in [0.25, 0.3) is 0 Å². The zero-order valence-corrected chi connectivity index (χ0v) is 8.08. The lowest BCUT2D eigenvalue weighted by Crippen LogP contribution is -2.49. The summed E-state index contributed by atoms with van der Waals surface area (Å²) in [5.74, 6) is 3.38. The highest BCUT2D eigenvalue weighted by Crippen LogP contribution is 2.32. The monoisotopic (exact) mass is 178 g/mol. The van der Waals surface area contributed by atoms with E-state index in [0.29, 0.717) is 12.0 Å². The molecule has 2 fully saturated rings. The second-order valence-corrected chi connectivity index (χ2v) is 4.36. The van der Waals surface area contributed by atoms with E-state index >= 15 is 0 Å². The largest absolute Gasteiger partial charge is 0.328 e. The van der Waals surface area contributed by atoms with Crippen molar-refractivity contribution in [3.05, 3.63) is 0 Å². The lowest BCUT2D eigenvalue weighted by molar-refractivity contribution is 0.0770. The van der Waals surface area contributed by atoms with Crippen LogP contribution < -0.4 is 5.73 Å². The number of rotatable bonds is 1. The van der Waals surface area contributed by atoms with E-state index in [1.807, 2.05) is 0 Å². The van der Waals surface area contributed by atoms with Crippen LogP contribution in [0, 0.1) is 18.3 Å². The van der Waals surface area contributed by atoms with Gasteiger partial charge < -0.3 is 10.6 Å². The Hall–Kier alpha value is -0.520. The average molecular weight is 178 g/mol. The number of nitrogens with zero attached hydrogens (tertiary/aromatic N) is 1. The second kappa shape index (κ2) is 3.69. The van der Waals surface area contributed by atoms with Crippen molar-refractivity contribution in [3.8, 4) is 12.3 Å². The Kier molecular flexibility index (Phi) is 2.57. The zero-order valence-electron chi connectivity index (χ0n) is 8.08. The summed E-state index contributed by atoms with van der Waals surface area (Å²) in [6, 6.07) is 1.22. The van der Waals surface area contributed by atoms with Gasteiger partial charge in [0.15, 0.2) is 0 Å². The third-order valence-corrected chi connectivity index (χ3v) is 3.44. The minimum atomic E-state index is 0.444. The molecule has 0 amide bonds. The van der Waals surface area contributed by atoms with Gasteiger partial charge in [-0.25, -0.2) is 0 Å². The third kappa shape index (κ3) is 1.87. The molecule has 0 aromatic rings. The molecule has 0 spiro atoms. The highest BCUT2D eigenvalue weighted by atomic mass is 15.2. The number of piperidine rings is 1. The summed E-state index contributed by atoms with van der Waals surface area (Å²) in [6.07, 6.45) is 10.1. The van der Waals surface area contributed by atoms with Gasteiger partial charge in [0.25, 0.3) is 0 Å². The van der Waals surface area contributed by atoms with E-state index in [4.69, 9.17) is 12.2 Å². The fourth-order valence-electron chi connectivity index (χ4n) is 2.31. The summed E-state index contributed by atoms with van der Waals surface area (Å²) in [4.78, 5) is 2.57. The SMILES string of the molecule is C#CC1CC(N2CCC(N)CC2)C1. The van der Waals surface area contributed by atoms with E-state index in [9.17, 15) is 0 Å². The van der Waals surface area contributed by atoms with Crippen LogP contribution in [0.15, 0.2) is 0 Å². The van der Waals surface area contributed by atoms with Crippen molar-refractivity contribution in [2.75, 3.05) is 13.1 Å². The van der Waals surface area contributed by atoms with Crippen LogP contribution in [-0.4, -0.2) is 30.1 Å². The van der Waals surface area contributed by atoms with E-state index in [2.05, 4.69) is 10.8 Å². The lowest BCUT2D eigenvalue weighted by atomic mass is 9.79. The molecule has 1 saturated carbocycles. The van der Waals surface area contributed by atoms with E-state index in [1.54, 1.807) is 0 Å². The Bertz CT molecular complexity index is 205. The van der Waals surface area contributed by atoms with Crippen LogP contribution in [0.4, 0.5) is 0 Å². The summed E-state index contributed by atoms with van der Waals surface area (Å²) in [7, 11) is 0. The molecule has 2 nitrogen and oxygen atoms in total. The average Bonchev–Trinajstić information content (AvgIpc) is 2.06. The van der Waals surface area contributed by atoms with Gasteiger partial charge in [-0.3, -0.25) is 0 Å². The van der Waals surface area contributed by atoms with Gasteiger partial charge in [-0.15, -0.1) is 12.3 Å². The molecule has 13 heavy (non-hydrogen) atoms. The predicted octanol–water partition coefficient (Wildman–Crippen LogP) is 0.821. The van der Waals surface area contributed by atoms with Crippen LogP contribution >= 0.6 is 0 Å². The highest BCUT2D eigenvalue weighted by Gasteiger charge is 2.33. The molecular weight excluding hydrogens is 160 g/mol. The molecule has 0 bridgehead atoms. The van der Waals surface area contributed by atoms with Crippen molar-refractivity contribution in [3.63, 3.8) is 0 Å². The van der Waals surface area contributed by atoms with Gasteiger partial charge >= 0.3 is 0 Å². The van der Waals surface area contributed by atoms with Gasteiger partial charge in [0.2, 0.25) is 0 Å². The van der Waals surface area contributed by atoms with Crippen molar-refractivity contribution in [1.82, 2.24) is 4.90 Å². The molecule has 72 valence electrons. The first-order valence-electron chi connectivity index (χ1n) is 5.25.